The lowest BCUT2D eigenvalue weighted by Crippen LogP contribution is -2.31. The number of aryl methyl sites for hydroxylation is 2. The van der Waals surface area contributed by atoms with E-state index in [2.05, 4.69) is 15.1 Å². The molecule has 0 N–H and O–H groups in total. The third-order valence-electron chi connectivity index (χ3n) is 4.76. The van der Waals surface area contributed by atoms with Crippen molar-refractivity contribution in [1.29, 1.82) is 0 Å². The highest BCUT2D eigenvalue weighted by atomic mass is 16.2. The maximum Gasteiger partial charge on any atom is 0.255 e. The van der Waals surface area contributed by atoms with Gasteiger partial charge in [-0.1, -0.05) is 6.07 Å². The van der Waals surface area contributed by atoms with E-state index in [1.807, 2.05) is 55.1 Å². The predicted octanol–water partition coefficient (Wildman–Crippen LogP) is 3.26. The quantitative estimate of drug-likeness (QED) is 0.729. The second-order valence-electron chi connectivity index (χ2n) is 6.66. The fraction of sp³-hybridized carbons (Fsp3) is 0.300. The average Bonchev–Trinajstić information content (AvgIpc) is 3.28. The number of pyridine rings is 2. The highest BCUT2D eigenvalue weighted by Gasteiger charge is 2.31. The number of carbonyl (C=O) groups is 1. The first-order valence-corrected chi connectivity index (χ1v) is 8.85. The molecule has 4 rings (SSSR count). The van der Waals surface area contributed by atoms with Gasteiger partial charge in [0.2, 0.25) is 0 Å². The fourth-order valence-corrected chi connectivity index (χ4v) is 3.55. The van der Waals surface area contributed by atoms with E-state index in [1.54, 1.807) is 17.1 Å². The Bertz CT molecular complexity index is 917. The molecule has 0 bridgehead atoms. The van der Waals surface area contributed by atoms with Gasteiger partial charge in [0, 0.05) is 24.6 Å². The third kappa shape index (κ3) is 2.98. The zero-order valence-corrected chi connectivity index (χ0v) is 15.0. The Kier molecular flexibility index (Phi) is 4.24. The van der Waals surface area contributed by atoms with Crippen LogP contribution in [0.25, 0.3) is 5.82 Å². The van der Waals surface area contributed by atoms with Crippen molar-refractivity contribution >= 4 is 5.91 Å². The summed E-state index contributed by atoms with van der Waals surface area (Å²) in [7, 11) is 0. The Morgan fingerprint density at radius 3 is 2.69 bits per heavy atom. The zero-order chi connectivity index (χ0) is 18.1. The van der Waals surface area contributed by atoms with Crippen LogP contribution in [-0.4, -0.2) is 37.1 Å². The van der Waals surface area contributed by atoms with Gasteiger partial charge in [-0.2, -0.15) is 5.10 Å². The van der Waals surface area contributed by atoms with Crippen molar-refractivity contribution in [2.24, 2.45) is 0 Å². The van der Waals surface area contributed by atoms with Gasteiger partial charge >= 0.3 is 0 Å². The summed E-state index contributed by atoms with van der Waals surface area (Å²) in [4.78, 5) is 23.8. The number of hydrogen-bond donors (Lipinski definition) is 0. The first-order chi connectivity index (χ1) is 12.6. The molecule has 1 aliphatic heterocycles. The second-order valence-corrected chi connectivity index (χ2v) is 6.66. The topological polar surface area (TPSA) is 63.9 Å². The van der Waals surface area contributed by atoms with Gasteiger partial charge in [0.15, 0.2) is 5.82 Å². The first-order valence-electron chi connectivity index (χ1n) is 8.85. The maximum absolute atomic E-state index is 13.0. The number of likely N-dealkylation sites (tertiary alicyclic amines) is 1. The molecule has 0 unspecified atom stereocenters. The highest BCUT2D eigenvalue weighted by Crippen LogP contribution is 2.31. The van der Waals surface area contributed by atoms with Gasteiger partial charge in [-0.05, 0) is 57.0 Å². The number of hydrogen-bond acceptors (Lipinski definition) is 4. The highest BCUT2D eigenvalue weighted by molar-refractivity contribution is 5.94. The molecule has 0 saturated carbocycles. The second kappa shape index (κ2) is 6.71. The summed E-state index contributed by atoms with van der Waals surface area (Å²) in [6.45, 7) is 4.69. The van der Waals surface area contributed by atoms with Crippen molar-refractivity contribution in [2.75, 3.05) is 6.54 Å². The molecule has 1 aliphatic rings. The third-order valence-corrected chi connectivity index (χ3v) is 4.76. The van der Waals surface area contributed by atoms with Gasteiger partial charge in [0.05, 0.1) is 23.0 Å². The van der Waals surface area contributed by atoms with Crippen molar-refractivity contribution in [3.05, 3.63) is 71.4 Å². The summed E-state index contributed by atoms with van der Waals surface area (Å²) >= 11 is 0. The van der Waals surface area contributed by atoms with Gasteiger partial charge in [0.1, 0.15) is 0 Å². The maximum atomic E-state index is 13.0. The lowest BCUT2D eigenvalue weighted by Gasteiger charge is -2.24. The lowest BCUT2D eigenvalue weighted by atomic mass is 10.1. The Morgan fingerprint density at radius 2 is 2.04 bits per heavy atom. The van der Waals surface area contributed by atoms with Crippen molar-refractivity contribution in [3.63, 3.8) is 0 Å². The molecule has 1 amide bonds. The standard InChI is InChI=1S/C20H21N5O/c1-14-12-15(2)25(23-14)19-9-8-16(13-22-19)20(26)24-11-5-7-18(24)17-6-3-4-10-21-17/h3-4,6,8-10,12-13,18H,5,7,11H2,1-2H3/t18-/m1/s1. The Labute approximate surface area is 152 Å². The number of carbonyl (C=O) groups excluding carboxylic acids is 1. The molecule has 26 heavy (non-hydrogen) atoms. The summed E-state index contributed by atoms with van der Waals surface area (Å²) in [6, 6.07) is 11.6. The van der Waals surface area contributed by atoms with E-state index in [0.717, 1.165) is 42.3 Å². The van der Waals surface area contributed by atoms with Crippen molar-refractivity contribution in [1.82, 2.24) is 24.6 Å². The summed E-state index contributed by atoms with van der Waals surface area (Å²) in [5, 5.41) is 4.43. The fourth-order valence-electron chi connectivity index (χ4n) is 3.55. The van der Waals surface area contributed by atoms with Gasteiger partial charge in [-0.15, -0.1) is 0 Å². The van der Waals surface area contributed by atoms with Crippen LogP contribution in [-0.2, 0) is 0 Å². The van der Waals surface area contributed by atoms with Crippen LogP contribution in [0.1, 0.15) is 46.3 Å². The minimum atomic E-state index is 0.00516. The van der Waals surface area contributed by atoms with E-state index in [-0.39, 0.29) is 11.9 Å². The number of rotatable bonds is 3. The monoisotopic (exact) mass is 347 g/mol. The van der Waals surface area contributed by atoms with Gasteiger partial charge in [0.25, 0.3) is 5.91 Å². The molecule has 6 nitrogen and oxygen atoms in total. The van der Waals surface area contributed by atoms with Gasteiger partial charge < -0.3 is 4.90 Å². The van der Waals surface area contributed by atoms with Crippen LogP contribution in [0, 0.1) is 13.8 Å². The van der Waals surface area contributed by atoms with E-state index >= 15 is 0 Å². The van der Waals surface area contributed by atoms with Crippen LogP contribution in [0.4, 0.5) is 0 Å². The van der Waals surface area contributed by atoms with E-state index in [9.17, 15) is 4.79 Å². The molecule has 3 aromatic heterocycles. The van der Waals surface area contributed by atoms with Crippen LogP contribution in [0.5, 0.6) is 0 Å². The molecule has 6 heteroatoms. The van der Waals surface area contributed by atoms with Crippen molar-refractivity contribution in [3.8, 4) is 5.82 Å². The van der Waals surface area contributed by atoms with E-state index in [1.165, 1.54) is 0 Å². The average molecular weight is 347 g/mol. The molecular weight excluding hydrogens is 326 g/mol. The Balaban J connectivity index is 1.57. The van der Waals surface area contributed by atoms with Crippen molar-refractivity contribution < 1.29 is 4.79 Å². The molecule has 0 aromatic carbocycles. The largest absolute Gasteiger partial charge is 0.330 e. The van der Waals surface area contributed by atoms with Crippen LogP contribution in [0.2, 0.25) is 0 Å². The van der Waals surface area contributed by atoms with Crippen LogP contribution in [0.3, 0.4) is 0 Å². The number of nitrogens with zero attached hydrogens (tertiary/aromatic N) is 5. The summed E-state index contributed by atoms with van der Waals surface area (Å²) < 4.78 is 1.79. The minimum Gasteiger partial charge on any atom is -0.330 e. The van der Waals surface area contributed by atoms with Crippen LogP contribution >= 0.6 is 0 Å². The minimum absolute atomic E-state index is 0.00516. The molecule has 3 aromatic rings. The van der Waals surface area contributed by atoms with Crippen molar-refractivity contribution in [2.45, 2.75) is 32.7 Å². The predicted molar refractivity (Wildman–Crippen MR) is 98.1 cm³/mol. The molecule has 4 heterocycles. The first kappa shape index (κ1) is 16.4. The smallest absolute Gasteiger partial charge is 0.255 e. The SMILES string of the molecule is Cc1cc(C)n(-c2ccc(C(=O)N3CCC[C@@H]3c3ccccn3)cn2)n1. The zero-order valence-electron chi connectivity index (χ0n) is 15.0. The Morgan fingerprint density at radius 1 is 1.15 bits per heavy atom. The van der Waals surface area contributed by atoms with Crippen LogP contribution in [0.15, 0.2) is 48.8 Å². The normalized spacial score (nSPS) is 16.8. The Hall–Kier alpha value is -3.02. The van der Waals surface area contributed by atoms with E-state index < -0.39 is 0 Å². The summed E-state index contributed by atoms with van der Waals surface area (Å²) in [5.74, 6) is 0.723. The van der Waals surface area contributed by atoms with E-state index in [0.29, 0.717) is 5.56 Å². The van der Waals surface area contributed by atoms with E-state index in [4.69, 9.17) is 0 Å². The molecule has 132 valence electrons. The molecule has 0 radical (unpaired) electrons. The summed E-state index contributed by atoms with van der Waals surface area (Å²) in [5.41, 5.74) is 3.51. The number of aromatic nitrogens is 4. The van der Waals surface area contributed by atoms with Crippen LogP contribution < -0.4 is 0 Å². The lowest BCUT2D eigenvalue weighted by molar-refractivity contribution is 0.0732. The molecular formula is C20H21N5O. The molecule has 1 fully saturated rings. The van der Waals surface area contributed by atoms with Gasteiger partial charge in [-0.25, -0.2) is 9.67 Å². The molecule has 1 saturated heterocycles. The summed E-state index contributed by atoms with van der Waals surface area (Å²) in [6.07, 6.45) is 5.35. The van der Waals surface area contributed by atoms with Gasteiger partial charge in [-0.3, -0.25) is 9.78 Å². The molecule has 1 atom stereocenters. The molecule has 0 aliphatic carbocycles. The molecule has 0 spiro atoms. The number of amides is 1.